The average Bonchev–Trinajstić information content (AvgIpc) is 2.47. The van der Waals surface area contributed by atoms with Crippen molar-refractivity contribution in [1.82, 2.24) is 5.06 Å². The highest BCUT2D eigenvalue weighted by Crippen LogP contribution is 2.24. The first kappa shape index (κ1) is 16.7. The monoisotopic (exact) mass is 330 g/mol. The number of allylic oxidation sites excluding steroid dienone is 2. The minimum absolute atomic E-state index is 0.233. The van der Waals surface area contributed by atoms with Gasteiger partial charge in [-0.05, 0) is 36.4 Å². The van der Waals surface area contributed by atoms with Gasteiger partial charge in [0, 0.05) is 11.9 Å². The van der Waals surface area contributed by atoms with Gasteiger partial charge in [-0.15, -0.1) is 13.2 Å². The molecular formula is C14H13F3N2O4. The minimum Gasteiger partial charge on any atom is -0.509 e. The van der Waals surface area contributed by atoms with Crippen molar-refractivity contribution in [2.45, 2.75) is 12.4 Å². The van der Waals surface area contributed by atoms with Crippen LogP contribution in [0, 0.1) is 0 Å². The van der Waals surface area contributed by atoms with Crippen LogP contribution in [0.15, 0.2) is 48.4 Å². The largest absolute Gasteiger partial charge is 0.573 e. The molecule has 0 fully saturated rings. The molecule has 0 saturated heterocycles. The maximum absolute atomic E-state index is 12.2. The summed E-state index contributed by atoms with van der Waals surface area (Å²) in [5.41, 5.74) is 0.239. The number of rotatable bonds is 4. The summed E-state index contributed by atoms with van der Waals surface area (Å²) in [7, 11) is 1.33. The zero-order valence-electron chi connectivity index (χ0n) is 11.9. The van der Waals surface area contributed by atoms with E-state index in [9.17, 15) is 23.1 Å². The van der Waals surface area contributed by atoms with E-state index in [2.05, 4.69) is 10.1 Å². The number of amides is 1. The van der Waals surface area contributed by atoms with E-state index in [1.165, 1.54) is 37.6 Å². The van der Waals surface area contributed by atoms with Gasteiger partial charge in [-0.2, -0.15) is 0 Å². The number of hydrogen-bond acceptors (Lipinski definition) is 5. The molecule has 2 rings (SSSR count). The second kappa shape index (κ2) is 6.61. The van der Waals surface area contributed by atoms with Crippen LogP contribution in [0.4, 0.5) is 18.9 Å². The summed E-state index contributed by atoms with van der Waals surface area (Å²) >= 11 is 0. The highest BCUT2D eigenvalue weighted by molar-refractivity contribution is 5.96. The summed E-state index contributed by atoms with van der Waals surface area (Å²) in [5, 5.41) is 13.4. The Bertz CT molecular complexity index is 626. The number of ether oxygens (including phenoxy) is 1. The van der Waals surface area contributed by atoms with Crippen molar-refractivity contribution in [2.75, 3.05) is 12.4 Å². The van der Waals surface area contributed by atoms with Crippen molar-refractivity contribution < 1.29 is 32.6 Å². The van der Waals surface area contributed by atoms with Crippen LogP contribution in [0.1, 0.15) is 0 Å². The number of aliphatic hydroxyl groups is 1. The van der Waals surface area contributed by atoms with E-state index in [-0.39, 0.29) is 11.4 Å². The molecule has 23 heavy (non-hydrogen) atoms. The first-order chi connectivity index (χ1) is 10.8. The summed E-state index contributed by atoms with van der Waals surface area (Å²) in [6.45, 7) is 0. The lowest BCUT2D eigenvalue weighted by molar-refractivity contribution is -0.274. The maximum atomic E-state index is 12.2. The fourth-order valence-corrected chi connectivity index (χ4v) is 1.90. The predicted octanol–water partition coefficient (Wildman–Crippen LogP) is 2.72. The standard InChI is InChI=1S/C14H13F3N2O4/c1-22-19-8-2-3-11(20)12(19)13(21)18-9-4-6-10(7-5-9)23-14(15,16)17/h2-8,12,20H,1H3,(H,18,21). The van der Waals surface area contributed by atoms with Crippen molar-refractivity contribution in [2.24, 2.45) is 0 Å². The number of carbonyl (C=O) groups is 1. The van der Waals surface area contributed by atoms with Gasteiger partial charge in [-0.3, -0.25) is 9.63 Å². The van der Waals surface area contributed by atoms with Crippen molar-refractivity contribution in [3.05, 3.63) is 48.4 Å². The zero-order chi connectivity index (χ0) is 17.0. The van der Waals surface area contributed by atoms with E-state index in [1.807, 2.05) is 0 Å². The van der Waals surface area contributed by atoms with Crippen LogP contribution in [0.25, 0.3) is 0 Å². The normalized spacial score (nSPS) is 17.7. The molecule has 0 aliphatic carbocycles. The molecule has 2 N–H and O–H groups in total. The Morgan fingerprint density at radius 1 is 1.30 bits per heavy atom. The van der Waals surface area contributed by atoms with Crippen LogP contribution < -0.4 is 10.1 Å². The first-order valence-corrected chi connectivity index (χ1v) is 6.36. The highest BCUT2D eigenvalue weighted by Gasteiger charge is 2.32. The molecule has 0 radical (unpaired) electrons. The van der Waals surface area contributed by atoms with Gasteiger partial charge in [-0.25, -0.2) is 5.06 Å². The second-order valence-electron chi connectivity index (χ2n) is 4.44. The van der Waals surface area contributed by atoms with Crippen LogP contribution in [0.5, 0.6) is 5.75 Å². The Morgan fingerprint density at radius 3 is 2.52 bits per heavy atom. The van der Waals surface area contributed by atoms with Gasteiger partial charge >= 0.3 is 6.36 Å². The Hall–Kier alpha value is -2.68. The summed E-state index contributed by atoms with van der Waals surface area (Å²) in [6.07, 6.45) is -0.509. The number of nitrogens with zero attached hydrogens (tertiary/aromatic N) is 1. The van der Waals surface area contributed by atoms with Crippen molar-refractivity contribution in [3.63, 3.8) is 0 Å². The van der Waals surface area contributed by atoms with Gasteiger partial charge in [-0.1, -0.05) is 0 Å². The summed E-state index contributed by atoms with van der Waals surface area (Å²) < 4.78 is 39.9. The molecule has 0 bridgehead atoms. The molecule has 1 heterocycles. The number of benzene rings is 1. The van der Waals surface area contributed by atoms with E-state index >= 15 is 0 Å². The van der Waals surface area contributed by atoms with E-state index in [4.69, 9.17) is 4.84 Å². The summed E-state index contributed by atoms with van der Waals surface area (Å²) in [4.78, 5) is 17.1. The number of carbonyl (C=O) groups excluding carboxylic acids is 1. The van der Waals surface area contributed by atoms with Gasteiger partial charge in [0.25, 0.3) is 5.91 Å². The van der Waals surface area contributed by atoms with Crippen molar-refractivity contribution >= 4 is 11.6 Å². The third kappa shape index (κ3) is 4.39. The fraction of sp³-hybridized carbons (Fsp3) is 0.214. The topological polar surface area (TPSA) is 71.0 Å². The quantitative estimate of drug-likeness (QED) is 0.888. The van der Waals surface area contributed by atoms with Crippen LogP contribution in [-0.2, 0) is 9.63 Å². The molecule has 6 nitrogen and oxygen atoms in total. The Labute approximate surface area is 129 Å². The lowest BCUT2D eigenvalue weighted by atomic mass is 10.1. The number of aliphatic hydroxyl groups excluding tert-OH is 1. The maximum Gasteiger partial charge on any atom is 0.573 e. The van der Waals surface area contributed by atoms with Gasteiger partial charge < -0.3 is 15.2 Å². The van der Waals surface area contributed by atoms with Crippen LogP contribution in [-0.4, -0.2) is 35.6 Å². The SMILES string of the molecule is CON1C=CC=C(O)C1C(=O)Nc1ccc(OC(F)(F)F)cc1. The molecule has 1 unspecified atom stereocenters. The molecule has 0 aromatic heterocycles. The number of hydroxylamine groups is 2. The lowest BCUT2D eigenvalue weighted by Crippen LogP contribution is -2.43. The zero-order valence-corrected chi connectivity index (χ0v) is 11.9. The molecule has 9 heteroatoms. The molecule has 0 saturated carbocycles. The Balaban J connectivity index is 2.05. The smallest absolute Gasteiger partial charge is 0.509 e. The molecule has 1 aromatic rings. The number of halogens is 3. The number of nitrogens with one attached hydrogen (secondary N) is 1. The van der Waals surface area contributed by atoms with Gasteiger partial charge in [0.1, 0.15) is 11.5 Å². The Morgan fingerprint density at radius 2 is 1.96 bits per heavy atom. The molecule has 1 atom stereocenters. The van der Waals surface area contributed by atoms with Crippen molar-refractivity contribution in [1.29, 1.82) is 0 Å². The third-order valence-electron chi connectivity index (χ3n) is 2.85. The fourth-order valence-electron chi connectivity index (χ4n) is 1.90. The van der Waals surface area contributed by atoms with E-state index in [0.717, 1.165) is 17.2 Å². The Kier molecular flexibility index (Phi) is 4.80. The minimum atomic E-state index is -4.78. The van der Waals surface area contributed by atoms with Gasteiger partial charge in [0.05, 0.1) is 7.11 Å². The third-order valence-corrected chi connectivity index (χ3v) is 2.85. The van der Waals surface area contributed by atoms with E-state index in [0.29, 0.717) is 0 Å². The first-order valence-electron chi connectivity index (χ1n) is 6.36. The van der Waals surface area contributed by atoms with Crippen LogP contribution in [0.3, 0.4) is 0 Å². The predicted molar refractivity (Wildman–Crippen MR) is 74.2 cm³/mol. The summed E-state index contributed by atoms with van der Waals surface area (Å²) in [5.74, 6) is -1.25. The molecule has 1 amide bonds. The molecule has 1 aromatic carbocycles. The van der Waals surface area contributed by atoms with Crippen LogP contribution in [0.2, 0.25) is 0 Å². The number of anilines is 1. The lowest BCUT2D eigenvalue weighted by Gasteiger charge is -2.28. The molecule has 1 aliphatic heterocycles. The van der Waals surface area contributed by atoms with Gasteiger partial charge in [0.15, 0.2) is 6.04 Å². The van der Waals surface area contributed by atoms with Gasteiger partial charge in [0.2, 0.25) is 0 Å². The van der Waals surface area contributed by atoms with Crippen molar-refractivity contribution in [3.8, 4) is 5.75 Å². The van der Waals surface area contributed by atoms with Crippen LogP contribution >= 0.6 is 0 Å². The van der Waals surface area contributed by atoms with E-state index < -0.39 is 24.1 Å². The molecule has 124 valence electrons. The molecule has 0 spiro atoms. The highest BCUT2D eigenvalue weighted by atomic mass is 19.4. The number of alkyl halides is 3. The molecule has 1 aliphatic rings. The molecular weight excluding hydrogens is 317 g/mol. The second-order valence-corrected chi connectivity index (χ2v) is 4.44. The average molecular weight is 330 g/mol. The van der Waals surface area contributed by atoms with E-state index in [1.54, 1.807) is 0 Å². The number of hydrogen-bond donors (Lipinski definition) is 2. The summed E-state index contributed by atoms with van der Waals surface area (Å²) in [6, 6.07) is 3.52.